The Bertz CT molecular complexity index is 615. The lowest BCUT2D eigenvalue weighted by Gasteiger charge is -2.37. The van der Waals surface area contributed by atoms with E-state index in [4.69, 9.17) is 10.5 Å². The maximum atomic E-state index is 12.7. The van der Waals surface area contributed by atoms with Gasteiger partial charge in [-0.05, 0) is 43.1 Å². The van der Waals surface area contributed by atoms with Crippen LogP contribution < -0.4 is 11.1 Å². The fraction of sp³-hybridized carbons (Fsp3) is 0.636. The van der Waals surface area contributed by atoms with Crippen molar-refractivity contribution in [2.24, 2.45) is 23.5 Å². The van der Waals surface area contributed by atoms with Crippen molar-refractivity contribution in [2.75, 3.05) is 0 Å². The second-order valence-corrected chi connectivity index (χ2v) is 8.32. The van der Waals surface area contributed by atoms with Crippen LogP contribution in [0, 0.1) is 17.8 Å². The molecule has 1 aromatic rings. The smallest absolute Gasteiger partial charge is 0.308 e. The molecular formula is C22H34N2O3. The standard InChI is InChI=1S/C22H34N2O3/c1-14(2)18-11-10-15(3)12-20(18)27-21(25)13-19(24-22(26)16(4)23)17-8-6-5-7-9-17/h5-9,14-16,18-20H,10-13,23H2,1-4H3,(H,24,26)/t15-,16+,18+,19-,20-/m1/s1. The molecule has 0 saturated heterocycles. The molecule has 0 heterocycles. The van der Waals surface area contributed by atoms with Gasteiger partial charge >= 0.3 is 5.97 Å². The van der Waals surface area contributed by atoms with Gasteiger partial charge in [-0.3, -0.25) is 9.59 Å². The number of hydrogen-bond donors (Lipinski definition) is 2. The molecule has 2 rings (SSSR count). The van der Waals surface area contributed by atoms with E-state index in [1.54, 1.807) is 6.92 Å². The van der Waals surface area contributed by atoms with Crippen LogP contribution in [0.5, 0.6) is 0 Å². The van der Waals surface area contributed by atoms with Crippen LogP contribution in [0.3, 0.4) is 0 Å². The van der Waals surface area contributed by atoms with E-state index in [0.717, 1.165) is 18.4 Å². The molecule has 5 nitrogen and oxygen atoms in total. The van der Waals surface area contributed by atoms with Gasteiger partial charge in [-0.1, -0.05) is 57.5 Å². The maximum Gasteiger partial charge on any atom is 0.308 e. The minimum Gasteiger partial charge on any atom is -0.462 e. The predicted molar refractivity (Wildman–Crippen MR) is 107 cm³/mol. The summed E-state index contributed by atoms with van der Waals surface area (Å²) in [6.07, 6.45) is 3.27. The first-order valence-corrected chi connectivity index (χ1v) is 10.1. The Morgan fingerprint density at radius 2 is 1.85 bits per heavy atom. The molecule has 0 bridgehead atoms. The number of carbonyl (C=O) groups excluding carboxylic acids is 2. The molecule has 5 atom stereocenters. The molecule has 1 aromatic carbocycles. The fourth-order valence-electron chi connectivity index (χ4n) is 3.87. The highest BCUT2D eigenvalue weighted by atomic mass is 16.5. The minimum atomic E-state index is -0.628. The minimum absolute atomic E-state index is 0.0400. The lowest BCUT2D eigenvalue weighted by atomic mass is 9.75. The molecule has 27 heavy (non-hydrogen) atoms. The van der Waals surface area contributed by atoms with Gasteiger partial charge in [-0.2, -0.15) is 0 Å². The van der Waals surface area contributed by atoms with E-state index in [1.807, 2.05) is 30.3 Å². The highest BCUT2D eigenvalue weighted by Gasteiger charge is 2.34. The summed E-state index contributed by atoms with van der Waals surface area (Å²) in [7, 11) is 0. The van der Waals surface area contributed by atoms with Crippen LogP contribution in [-0.4, -0.2) is 24.0 Å². The molecule has 0 aromatic heterocycles. The average molecular weight is 375 g/mol. The first kappa shape index (κ1) is 21.4. The maximum absolute atomic E-state index is 12.7. The topological polar surface area (TPSA) is 81.4 Å². The second kappa shape index (κ2) is 9.88. The molecule has 5 heteroatoms. The van der Waals surface area contributed by atoms with Gasteiger partial charge in [0.05, 0.1) is 18.5 Å². The molecule has 1 aliphatic carbocycles. The average Bonchev–Trinajstić information content (AvgIpc) is 2.61. The van der Waals surface area contributed by atoms with E-state index in [0.29, 0.717) is 17.8 Å². The lowest BCUT2D eigenvalue weighted by molar-refractivity contribution is -0.156. The van der Waals surface area contributed by atoms with E-state index in [1.165, 1.54) is 6.42 Å². The summed E-state index contributed by atoms with van der Waals surface area (Å²) >= 11 is 0. The predicted octanol–water partition coefficient (Wildman–Crippen LogP) is 3.59. The van der Waals surface area contributed by atoms with Crippen LogP contribution in [0.15, 0.2) is 30.3 Å². The molecule has 0 radical (unpaired) electrons. The fourth-order valence-corrected chi connectivity index (χ4v) is 3.87. The van der Waals surface area contributed by atoms with E-state index >= 15 is 0 Å². The zero-order valence-corrected chi connectivity index (χ0v) is 17.0. The van der Waals surface area contributed by atoms with Crippen LogP contribution in [-0.2, 0) is 14.3 Å². The molecule has 0 unspecified atom stereocenters. The van der Waals surface area contributed by atoms with Gasteiger partial charge in [0, 0.05) is 0 Å². The zero-order valence-electron chi connectivity index (χ0n) is 17.0. The van der Waals surface area contributed by atoms with Crippen LogP contribution in [0.1, 0.15) is 65.0 Å². The number of rotatable bonds is 7. The van der Waals surface area contributed by atoms with E-state index in [2.05, 4.69) is 26.1 Å². The van der Waals surface area contributed by atoms with Crippen molar-refractivity contribution < 1.29 is 14.3 Å². The molecule has 0 aliphatic heterocycles. The summed E-state index contributed by atoms with van der Waals surface area (Å²) in [4.78, 5) is 24.8. The SMILES string of the molecule is CC(C)[C@@H]1CC[C@@H](C)C[C@H]1OC(=O)C[C@@H](NC(=O)[C@H](C)N)c1ccccc1. The Kier molecular flexibility index (Phi) is 7.84. The number of nitrogens with one attached hydrogen (secondary N) is 1. The van der Waals surface area contributed by atoms with Crippen molar-refractivity contribution in [1.82, 2.24) is 5.32 Å². The number of nitrogens with two attached hydrogens (primary N) is 1. The van der Waals surface area contributed by atoms with Crippen LogP contribution in [0.4, 0.5) is 0 Å². The molecule has 1 amide bonds. The third kappa shape index (κ3) is 6.35. The van der Waals surface area contributed by atoms with Gasteiger partial charge in [0.15, 0.2) is 0 Å². The molecule has 1 fully saturated rings. The highest BCUT2D eigenvalue weighted by molar-refractivity contribution is 5.82. The summed E-state index contributed by atoms with van der Waals surface area (Å²) < 4.78 is 5.91. The van der Waals surface area contributed by atoms with Crippen LogP contribution in [0.2, 0.25) is 0 Å². The second-order valence-electron chi connectivity index (χ2n) is 8.32. The van der Waals surface area contributed by atoms with Gasteiger partial charge < -0.3 is 15.8 Å². The van der Waals surface area contributed by atoms with E-state index < -0.39 is 12.1 Å². The monoisotopic (exact) mass is 374 g/mol. The quantitative estimate of drug-likeness (QED) is 0.715. The normalized spacial score (nSPS) is 24.9. The summed E-state index contributed by atoms with van der Waals surface area (Å²) in [6, 6.07) is 8.43. The Hall–Kier alpha value is -1.88. The Balaban J connectivity index is 2.07. The van der Waals surface area contributed by atoms with Crippen LogP contribution >= 0.6 is 0 Å². The first-order chi connectivity index (χ1) is 12.8. The third-order valence-electron chi connectivity index (χ3n) is 5.55. The summed E-state index contributed by atoms with van der Waals surface area (Å²) in [5, 5.41) is 2.88. The Morgan fingerprint density at radius 3 is 2.44 bits per heavy atom. The number of benzene rings is 1. The van der Waals surface area contributed by atoms with Gasteiger partial charge in [0.2, 0.25) is 5.91 Å². The molecular weight excluding hydrogens is 340 g/mol. The van der Waals surface area contributed by atoms with E-state index in [-0.39, 0.29) is 24.4 Å². The number of ether oxygens (including phenoxy) is 1. The summed E-state index contributed by atoms with van der Waals surface area (Å²) in [6.45, 7) is 8.23. The van der Waals surface area contributed by atoms with Crippen molar-refractivity contribution in [3.05, 3.63) is 35.9 Å². The molecule has 1 saturated carbocycles. The van der Waals surface area contributed by atoms with Crippen molar-refractivity contribution in [1.29, 1.82) is 0 Å². The van der Waals surface area contributed by atoms with Crippen molar-refractivity contribution in [3.63, 3.8) is 0 Å². The summed E-state index contributed by atoms with van der Waals surface area (Å²) in [5.41, 5.74) is 6.56. The van der Waals surface area contributed by atoms with Crippen LogP contribution in [0.25, 0.3) is 0 Å². The summed E-state index contributed by atoms with van der Waals surface area (Å²) in [5.74, 6) is 0.916. The number of carbonyl (C=O) groups is 2. The first-order valence-electron chi connectivity index (χ1n) is 10.1. The Morgan fingerprint density at radius 1 is 1.19 bits per heavy atom. The third-order valence-corrected chi connectivity index (χ3v) is 5.55. The van der Waals surface area contributed by atoms with Gasteiger partial charge in [0.1, 0.15) is 6.10 Å². The number of hydrogen-bond acceptors (Lipinski definition) is 4. The molecule has 3 N–H and O–H groups in total. The molecule has 0 spiro atoms. The zero-order chi connectivity index (χ0) is 20.0. The van der Waals surface area contributed by atoms with E-state index in [9.17, 15) is 9.59 Å². The Labute approximate surface area is 163 Å². The van der Waals surface area contributed by atoms with Gasteiger partial charge in [-0.15, -0.1) is 0 Å². The van der Waals surface area contributed by atoms with Gasteiger partial charge in [0.25, 0.3) is 0 Å². The molecule has 1 aliphatic rings. The van der Waals surface area contributed by atoms with Crippen molar-refractivity contribution in [2.45, 2.75) is 71.6 Å². The largest absolute Gasteiger partial charge is 0.462 e. The number of esters is 1. The molecule has 150 valence electrons. The highest BCUT2D eigenvalue weighted by Crippen LogP contribution is 2.35. The van der Waals surface area contributed by atoms with Crippen molar-refractivity contribution >= 4 is 11.9 Å². The van der Waals surface area contributed by atoms with Gasteiger partial charge in [-0.25, -0.2) is 0 Å². The number of amides is 1. The lowest BCUT2D eigenvalue weighted by Crippen LogP contribution is -2.41. The van der Waals surface area contributed by atoms with Crippen molar-refractivity contribution in [3.8, 4) is 0 Å².